The molecule has 1 atom stereocenters. The fourth-order valence-electron chi connectivity index (χ4n) is 4.44. The number of fused-ring (bicyclic) bond motifs is 1. The molecular formula is C28H22ClN3O3. The second kappa shape index (κ2) is 9.24. The second-order valence-corrected chi connectivity index (χ2v) is 8.67. The van der Waals surface area contributed by atoms with Crippen LogP contribution in [0.5, 0.6) is 0 Å². The number of benzene rings is 3. The minimum absolute atomic E-state index is 0.0825. The Balaban J connectivity index is 1.79. The third-order valence-corrected chi connectivity index (χ3v) is 6.45. The Morgan fingerprint density at radius 3 is 2.40 bits per heavy atom. The van der Waals surface area contributed by atoms with Gasteiger partial charge in [0.1, 0.15) is 5.69 Å². The maximum absolute atomic E-state index is 12.7. The molecule has 0 fully saturated rings. The Morgan fingerprint density at radius 1 is 0.971 bits per heavy atom. The summed E-state index contributed by atoms with van der Waals surface area (Å²) in [5.74, 6) is -0.477. The Kier molecular flexibility index (Phi) is 5.97. The standard InChI is InChI=1S/C28H22ClN3O3/c1-31-24-13-10-20(14-23(24)22(15-26(31)33)18-6-4-3-5-7-18)27(19-8-11-21(29)12-9-19)32-17-30-16-25(32)28(34)35-2/h3-17,27H,1-2H3. The number of pyridine rings is 1. The van der Waals surface area contributed by atoms with Gasteiger partial charge in [0.05, 0.1) is 31.2 Å². The van der Waals surface area contributed by atoms with Gasteiger partial charge < -0.3 is 13.9 Å². The number of carbonyl (C=O) groups is 1. The van der Waals surface area contributed by atoms with Crippen molar-refractivity contribution in [2.75, 3.05) is 7.11 Å². The molecule has 0 N–H and O–H groups in total. The first-order valence-corrected chi connectivity index (χ1v) is 11.4. The molecule has 7 heteroatoms. The summed E-state index contributed by atoms with van der Waals surface area (Å²) in [5.41, 5.74) is 4.69. The topological polar surface area (TPSA) is 66.1 Å². The van der Waals surface area contributed by atoms with E-state index in [4.69, 9.17) is 16.3 Å². The van der Waals surface area contributed by atoms with E-state index in [0.717, 1.165) is 33.2 Å². The molecule has 0 radical (unpaired) electrons. The summed E-state index contributed by atoms with van der Waals surface area (Å²) in [4.78, 5) is 29.5. The molecule has 2 aromatic heterocycles. The van der Waals surface area contributed by atoms with E-state index in [2.05, 4.69) is 11.1 Å². The van der Waals surface area contributed by atoms with Crippen LogP contribution in [-0.2, 0) is 11.8 Å². The van der Waals surface area contributed by atoms with Crippen molar-refractivity contribution in [1.29, 1.82) is 0 Å². The first-order chi connectivity index (χ1) is 17.0. The zero-order chi connectivity index (χ0) is 24.5. The van der Waals surface area contributed by atoms with Crippen LogP contribution in [0.25, 0.3) is 22.0 Å². The summed E-state index contributed by atoms with van der Waals surface area (Å²) in [6, 6.07) is 24.6. The third kappa shape index (κ3) is 4.13. The number of esters is 1. The first-order valence-electron chi connectivity index (χ1n) is 11.0. The van der Waals surface area contributed by atoms with E-state index in [1.165, 1.54) is 13.3 Å². The molecule has 5 rings (SSSR count). The minimum Gasteiger partial charge on any atom is -0.464 e. The van der Waals surface area contributed by atoms with Crippen LogP contribution >= 0.6 is 11.6 Å². The van der Waals surface area contributed by atoms with E-state index >= 15 is 0 Å². The van der Waals surface area contributed by atoms with Crippen molar-refractivity contribution in [2.24, 2.45) is 7.05 Å². The molecule has 0 saturated carbocycles. The fraction of sp³-hybridized carbons (Fsp3) is 0.107. The predicted octanol–water partition coefficient (Wildman–Crippen LogP) is 5.48. The molecule has 5 aromatic rings. The number of nitrogens with zero attached hydrogens (tertiary/aromatic N) is 3. The Labute approximate surface area is 207 Å². The number of methoxy groups -OCH3 is 1. The van der Waals surface area contributed by atoms with E-state index in [-0.39, 0.29) is 11.6 Å². The lowest BCUT2D eigenvalue weighted by Crippen LogP contribution is -2.19. The monoisotopic (exact) mass is 483 g/mol. The summed E-state index contributed by atoms with van der Waals surface area (Å²) < 4.78 is 8.42. The average molecular weight is 484 g/mol. The highest BCUT2D eigenvalue weighted by atomic mass is 35.5. The van der Waals surface area contributed by atoms with Gasteiger partial charge in [0.25, 0.3) is 5.56 Å². The summed E-state index contributed by atoms with van der Waals surface area (Å²) >= 11 is 6.16. The molecule has 0 aliphatic rings. The number of hydrogen-bond donors (Lipinski definition) is 0. The maximum atomic E-state index is 12.7. The van der Waals surface area contributed by atoms with Gasteiger partial charge in [-0.15, -0.1) is 0 Å². The van der Waals surface area contributed by atoms with Gasteiger partial charge in [-0.05, 0) is 46.5 Å². The minimum atomic E-state index is -0.477. The van der Waals surface area contributed by atoms with Crippen LogP contribution in [0.15, 0.2) is 96.2 Å². The number of carbonyl (C=O) groups excluding carboxylic acids is 1. The van der Waals surface area contributed by atoms with Gasteiger partial charge in [0, 0.05) is 23.5 Å². The number of halogens is 1. The van der Waals surface area contributed by atoms with Crippen LogP contribution in [0.2, 0.25) is 5.02 Å². The smallest absolute Gasteiger partial charge is 0.356 e. The number of imidazole rings is 1. The molecule has 3 aromatic carbocycles. The number of aryl methyl sites for hydroxylation is 1. The van der Waals surface area contributed by atoms with Gasteiger partial charge in [-0.3, -0.25) is 4.79 Å². The van der Waals surface area contributed by atoms with E-state index in [9.17, 15) is 9.59 Å². The number of rotatable bonds is 5. The van der Waals surface area contributed by atoms with Gasteiger partial charge in [-0.1, -0.05) is 60.1 Å². The molecule has 2 heterocycles. The fourth-order valence-corrected chi connectivity index (χ4v) is 4.56. The average Bonchev–Trinajstić information content (AvgIpc) is 3.37. The molecule has 174 valence electrons. The molecular weight excluding hydrogens is 462 g/mol. The van der Waals surface area contributed by atoms with Gasteiger partial charge in [0.2, 0.25) is 0 Å². The maximum Gasteiger partial charge on any atom is 0.356 e. The van der Waals surface area contributed by atoms with Crippen LogP contribution in [0.4, 0.5) is 0 Å². The molecule has 6 nitrogen and oxygen atoms in total. The second-order valence-electron chi connectivity index (χ2n) is 8.23. The number of ether oxygens (including phenoxy) is 1. The Hall–Kier alpha value is -4.16. The van der Waals surface area contributed by atoms with Gasteiger partial charge in [-0.2, -0.15) is 0 Å². The molecule has 0 amide bonds. The summed E-state index contributed by atoms with van der Waals surface area (Å²) in [7, 11) is 3.11. The Morgan fingerprint density at radius 2 is 1.69 bits per heavy atom. The first kappa shape index (κ1) is 22.6. The molecule has 0 aliphatic heterocycles. The summed E-state index contributed by atoms with van der Waals surface area (Å²) in [6.45, 7) is 0. The van der Waals surface area contributed by atoms with Crippen LogP contribution < -0.4 is 5.56 Å². The van der Waals surface area contributed by atoms with E-state index in [1.807, 2.05) is 66.7 Å². The van der Waals surface area contributed by atoms with Crippen LogP contribution in [0, 0.1) is 0 Å². The zero-order valence-electron chi connectivity index (χ0n) is 19.2. The predicted molar refractivity (Wildman–Crippen MR) is 137 cm³/mol. The largest absolute Gasteiger partial charge is 0.464 e. The van der Waals surface area contributed by atoms with Gasteiger partial charge in [-0.25, -0.2) is 9.78 Å². The lowest BCUT2D eigenvalue weighted by atomic mass is 9.94. The lowest BCUT2D eigenvalue weighted by molar-refractivity contribution is 0.0588. The van der Waals surface area contributed by atoms with Crippen molar-refractivity contribution >= 4 is 28.5 Å². The quantitative estimate of drug-likeness (QED) is 0.310. The molecule has 0 saturated heterocycles. The molecule has 0 aliphatic carbocycles. The van der Waals surface area contributed by atoms with Crippen LogP contribution in [-0.4, -0.2) is 27.2 Å². The highest BCUT2D eigenvalue weighted by Crippen LogP contribution is 2.34. The molecule has 0 spiro atoms. The molecule has 1 unspecified atom stereocenters. The van der Waals surface area contributed by atoms with Crippen LogP contribution in [0.1, 0.15) is 27.7 Å². The van der Waals surface area contributed by atoms with Crippen molar-refractivity contribution in [3.8, 4) is 11.1 Å². The van der Waals surface area contributed by atoms with Crippen molar-refractivity contribution in [2.45, 2.75) is 6.04 Å². The van der Waals surface area contributed by atoms with E-state index in [1.54, 1.807) is 28.6 Å². The number of hydrogen-bond acceptors (Lipinski definition) is 4. The zero-order valence-corrected chi connectivity index (χ0v) is 19.9. The Bertz CT molecular complexity index is 1590. The number of aromatic nitrogens is 3. The highest BCUT2D eigenvalue weighted by Gasteiger charge is 2.23. The summed E-state index contributed by atoms with van der Waals surface area (Å²) in [6.07, 6.45) is 3.11. The normalized spacial score (nSPS) is 12.0. The molecule has 35 heavy (non-hydrogen) atoms. The SMILES string of the molecule is COC(=O)c1cncn1C(c1ccc(Cl)cc1)c1ccc2c(c1)c(-c1ccccc1)cc(=O)n2C. The van der Waals surface area contributed by atoms with Crippen molar-refractivity contribution in [3.05, 3.63) is 124 Å². The summed E-state index contributed by atoms with van der Waals surface area (Å²) in [5, 5.41) is 1.54. The highest BCUT2D eigenvalue weighted by molar-refractivity contribution is 6.30. The third-order valence-electron chi connectivity index (χ3n) is 6.20. The van der Waals surface area contributed by atoms with Crippen molar-refractivity contribution in [1.82, 2.24) is 14.1 Å². The van der Waals surface area contributed by atoms with Crippen molar-refractivity contribution < 1.29 is 9.53 Å². The van der Waals surface area contributed by atoms with Crippen molar-refractivity contribution in [3.63, 3.8) is 0 Å². The van der Waals surface area contributed by atoms with Crippen LogP contribution in [0.3, 0.4) is 0 Å². The molecule has 0 bridgehead atoms. The van der Waals surface area contributed by atoms with Gasteiger partial charge >= 0.3 is 5.97 Å². The lowest BCUT2D eigenvalue weighted by Gasteiger charge is -2.23. The van der Waals surface area contributed by atoms with Gasteiger partial charge in [0.15, 0.2) is 0 Å². The van der Waals surface area contributed by atoms with E-state index in [0.29, 0.717) is 10.7 Å². The van der Waals surface area contributed by atoms with E-state index < -0.39 is 5.97 Å².